The van der Waals surface area contributed by atoms with Gasteiger partial charge < -0.3 is 19.3 Å². The maximum absolute atomic E-state index is 14.6. The van der Waals surface area contributed by atoms with Crippen molar-refractivity contribution in [2.24, 2.45) is 5.10 Å². The fourth-order valence-electron chi connectivity index (χ4n) is 4.05. The molecule has 1 unspecified atom stereocenters. The van der Waals surface area contributed by atoms with Crippen LogP contribution in [0.25, 0.3) is 0 Å². The van der Waals surface area contributed by atoms with Crippen LogP contribution in [0.5, 0.6) is 5.75 Å². The van der Waals surface area contributed by atoms with Crippen LogP contribution in [0.15, 0.2) is 66.3 Å². The third-order valence-electron chi connectivity index (χ3n) is 5.91. The van der Waals surface area contributed by atoms with Gasteiger partial charge in [-0.15, -0.1) is 5.10 Å². The lowest BCUT2D eigenvalue weighted by molar-refractivity contribution is -0.109. The van der Waals surface area contributed by atoms with E-state index in [-0.39, 0.29) is 36.3 Å². The van der Waals surface area contributed by atoms with Crippen LogP contribution in [0.4, 0.5) is 9.18 Å². The van der Waals surface area contributed by atoms with E-state index in [4.69, 9.17) is 4.74 Å². The van der Waals surface area contributed by atoms with Crippen molar-refractivity contribution >= 4 is 24.1 Å². The number of rotatable bonds is 3. The first-order chi connectivity index (χ1) is 17.0. The predicted octanol–water partition coefficient (Wildman–Crippen LogP) is 2.03. The van der Waals surface area contributed by atoms with Gasteiger partial charge in [0.1, 0.15) is 30.2 Å². The summed E-state index contributed by atoms with van der Waals surface area (Å²) in [6, 6.07) is 10.2. The Morgan fingerprint density at radius 3 is 2.60 bits per heavy atom. The van der Waals surface area contributed by atoms with Crippen molar-refractivity contribution in [2.45, 2.75) is 6.04 Å². The van der Waals surface area contributed by atoms with Gasteiger partial charge in [-0.1, -0.05) is 18.2 Å². The summed E-state index contributed by atoms with van der Waals surface area (Å²) in [5, 5.41) is 4.13. The first-order valence-electron chi connectivity index (χ1n) is 11.0. The Bertz CT molecular complexity index is 1300. The van der Waals surface area contributed by atoms with Gasteiger partial charge >= 0.3 is 6.03 Å². The Morgan fingerprint density at radius 2 is 1.86 bits per heavy atom. The number of ether oxygens (including phenoxy) is 1. The van der Waals surface area contributed by atoms with Gasteiger partial charge in [0.25, 0.3) is 5.91 Å². The van der Waals surface area contributed by atoms with E-state index in [9.17, 15) is 18.8 Å². The monoisotopic (exact) mass is 476 g/mol. The molecule has 2 aliphatic rings. The maximum atomic E-state index is 14.6. The molecule has 10 nitrogen and oxygen atoms in total. The van der Waals surface area contributed by atoms with Crippen molar-refractivity contribution in [3.05, 3.63) is 83.7 Å². The number of imidazole rings is 1. The van der Waals surface area contributed by atoms with Gasteiger partial charge in [0.15, 0.2) is 0 Å². The number of hydrazone groups is 1. The number of nitrogens with zero attached hydrogens (tertiary/aromatic N) is 5. The molecular weight excluding hydrogens is 455 g/mol. The number of hydrogen-bond donors (Lipinski definition) is 1. The van der Waals surface area contributed by atoms with E-state index < -0.39 is 17.8 Å². The van der Waals surface area contributed by atoms with Crippen molar-refractivity contribution in [1.82, 2.24) is 24.8 Å². The normalized spacial score (nSPS) is 17.2. The minimum Gasteiger partial charge on any atom is -0.437 e. The van der Waals surface area contributed by atoms with Crippen LogP contribution in [-0.4, -0.2) is 69.7 Å². The highest BCUT2D eigenvalue weighted by Gasteiger charge is 2.28. The maximum Gasteiger partial charge on any atom is 0.329 e. The predicted molar refractivity (Wildman–Crippen MR) is 122 cm³/mol. The molecular formula is C24H21FN6O4. The van der Waals surface area contributed by atoms with Gasteiger partial charge in [-0.05, 0) is 29.8 Å². The fourth-order valence-corrected chi connectivity index (χ4v) is 4.05. The SMILES string of the molecule is O=CC1NN=C(Oc2ccc(F)c(C(=O)N3CCN(C(=O)n4ccnc4)CC3)c2)c2ccccc21. The Hall–Kier alpha value is -4.54. The molecule has 1 aromatic heterocycles. The topological polar surface area (TPSA) is 109 Å². The lowest BCUT2D eigenvalue weighted by atomic mass is 10.0. The highest BCUT2D eigenvalue weighted by molar-refractivity contribution is 5.99. The average Bonchev–Trinajstić information content (AvgIpc) is 3.44. The van der Waals surface area contributed by atoms with E-state index in [2.05, 4.69) is 15.5 Å². The molecule has 0 saturated carbocycles. The second-order valence-electron chi connectivity index (χ2n) is 8.02. The number of carbonyl (C=O) groups excluding carboxylic acids is 3. The lowest BCUT2D eigenvalue weighted by Gasteiger charge is -2.34. The second-order valence-corrected chi connectivity index (χ2v) is 8.02. The second kappa shape index (κ2) is 9.37. The van der Waals surface area contributed by atoms with E-state index in [1.54, 1.807) is 35.4 Å². The summed E-state index contributed by atoms with van der Waals surface area (Å²) in [6.45, 7) is 1.16. The van der Waals surface area contributed by atoms with Gasteiger partial charge in [0.2, 0.25) is 5.90 Å². The van der Waals surface area contributed by atoms with Crippen LogP contribution < -0.4 is 10.2 Å². The number of nitrogens with one attached hydrogen (secondary N) is 1. The van der Waals surface area contributed by atoms with Crippen molar-refractivity contribution in [3.8, 4) is 5.75 Å². The fraction of sp³-hybridized carbons (Fsp3) is 0.208. The number of benzene rings is 2. The molecule has 0 bridgehead atoms. The van der Waals surface area contributed by atoms with Crippen LogP contribution in [0.2, 0.25) is 0 Å². The Balaban J connectivity index is 1.29. The first-order valence-corrected chi connectivity index (χ1v) is 11.0. The molecule has 0 aliphatic carbocycles. The molecule has 3 heterocycles. The largest absolute Gasteiger partial charge is 0.437 e. The molecule has 2 aliphatic heterocycles. The van der Waals surface area contributed by atoms with Gasteiger partial charge in [0.05, 0.1) is 5.56 Å². The zero-order valence-electron chi connectivity index (χ0n) is 18.5. The number of aldehydes is 1. The highest BCUT2D eigenvalue weighted by Crippen LogP contribution is 2.25. The summed E-state index contributed by atoms with van der Waals surface area (Å²) < 4.78 is 21.9. The highest BCUT2D eigenvalue weighted by atomic mass is 19.1. The number of aromatic nitrogens is 2. The van der Waals surface area contributed by atoms with E-state index >= 15 is 0 Å². The molecule has 0 spiro atoms. The molecule has 1 atom stereocenters. The summed E-state index contributed by atoms with van der Waals surface area (Å²) in [7, 11) is 0. The van der Waals surface area contributed by atoms with Crippen LogP contribution in [0, 0.1) is 5.82 Å². The van der Waals surface area contributed by atoms with Crippen LogP contribution in [0.3, 0.4) is 0 Å². The summed E-state index contributed by atoms with van der Waals surface area (Å²) in [5.74, 6) is -0.740. The number of amides is 2. The lowest BCUT2D eigenvalue weighted by Crippen LogP contribution is -2.51. The van der Waals surface area contributed by atoms with Crippen LogP contribution >= 0.6 is 0 Å². The molecule has 0 radical (unpaired) electrons. The van der Waals surface area contributed by atoms with E-state index in [0.29, 0.717) is 24.2 Å². The molecule has 5 rings (SSSR count). The van der Waals surface area contributed by atoms with Gasteiger partial charge in [0, 0.05) is 44.1 Å². The third-order valence-corrected chi connectivity index (χ3v) is 5.91. The van der Waals surface area contributed by atoms with Crippen molar-refractivity contribution < 1.29 is 23.5 Å². The number of carbonyl (C=O) groups is 3. The summed E-state index contributed by atoms with van der Waals surface area (Å²) >= 11 is 0. The van der Waals surface area contributed by atoms with Crippen LogP contribution in [0.1, 0.15) is 27.5 Å². The van der Waals surface area contributed by atoms with Crippen molar-refractivity contribution in [3.63, 3.8) is 0 Å². The summed E-state index contributed by atoms with van der Waals surface area (Å²) in [5.41, 5.74) is 3.92. The zero-order chi connectivity index (χ0) is 24.4. The number of halogens is 1. The minimum atomic E-state index is -0.676. The average molecular weight is 476 g/mol. The summed E-state index contributed by atoms with van der Waals surface area (Å²) in [4.78, 5) is 43.9. The number of piperazine rings is 1. The Morgan fingerprint density at radius 1 is 1.09 bits per heavy atom. The Labute approximate surface area is 199 Å². The zero-order valence-corrected chi connectivity index (χ0v) is 18.5. The standard InChI is InChI=1S/C24H21FN6O4/c25-20-6-5-16(35-22-18-4-2-1-3-17(18)21(14-32)27-28-22)13-19(20)23(33)29-9-11-30(12-10-29)24(34)31-8-7-26-15-31/h1-8,13-15,21,27H,9-12H2. The number of hydrogen-bond acceptors (Lipinski definition) is 7. The van der Waals surface area contributed by atoms with Crippen molar-refractivity contribution in [1.29, 1.82) is 0 Å². The molecule has 2 aromatic carbocycles. The molecule has 1 fully saturated rings. The molecule has 11 heteroatoms. The smallest absolute Gasteiger partial charge is 0.329 e. The van der Waals surface area contributed by atoms with E-state index in [1.807, 2.05) is 0 Å². The summed E-state index contributed by atoms with van der Waals surface area (Å²) in [6.07, 6.45) is 5.24. The third kappa shape index (κ3) is 4.35. The molecule has 1 saturated heterocycles. The first kappa shape index (κ1) is 22.3. The quantitative estimate of drug-likeness (QED) is 0.580. The van der Waals surface area contributed by atoms with Gasteiger partial charge in [-0.2, -0.15) is 0 Å². The molecule has 1 N–H and O–H groups in total. The number of fused-ring (bicyclic) bond motifs is 1. The molecule has 178 valence electrons. The van der Waals surface area contributed by atoms with E-state index in [1.165, 1.54) is 40.2 Å². The molecule has 35 heavy (non-hydrogen) atoms. The van der Waals surface area contributed by atoms with Gasteiger partial charge in [-0.3, -0.25) is 14.8 Å². The molecule has 3 aromatic rings. The Kier molecular flexibility index (Phi) is 5.96. The van der Waals surface area contributed by atoms with E-state index in [0.717, 1.165) is 6.29 Å². The molecule has 2 amide bonds. The minimum absolute atomic E-state index is 0.139. The van der Waals surface area contributed by atoms with Crippen LogP contribution in [-0.2, 0) is 4.79 Å². The van der Waals surface area contributed by atoms with Gasteiger partial charge in [-0.25, -0.2) is 14.2 Å². The van der Waals surface area contributed by atoms with Crippen molar-refractivity contribution in [2.75, 3.05) is 26.2 Å².